The Bertz CT molecular complexity index is 749. The molecule has 5 nitrogen and oxygen atoms in total. The molecule has 0 spiro atoms. The fourth-order valence-corrected chi connectivity index (χ4v) is 6.80. The van der Waals surface area contributed by atoms with E-state index >= 15 is 0 Å². The lowest BCUT2D eigenvalue weighted by Gasteiger charge is -2.58. The summed E-state index contributed by atoms with van der Waals surface area (Å²) in [5, 5.41) is 10.9. The third-order valence-corrected chi connectivity index (χ3v) is 7.69. The molecule has 4 aliphatic carbocycles. The minimum Gasteiger partial charge on any atom is -0.390 e. The summed E-state index contributed by atoms with van der Waals surface area (Å²) in [6.07, 6.45) is 5.37. The third kappa shape index (κ3) is 2.92. The lowest BCUT2D eigenvalue weighted by atomic mass is 9.47. The predicted molar refractivity (Wildman–Crippen MR) is 96.3 cm³/mol. The smallest absolute Gasteiger partial charge is 0.254 e. The molecule has 25 heavy (non-hydrogen) atoms. The van der Waals surface area contributed by atoms with Crippen molar-refractivity contribution < 1.29 is 14.6 Å². The first kappa shape index (κ1) is 17.4. The highest BCUT2D eigenvalue weighted by molar-refractivity contribution is 7.09. The molecule has 0 radical (unpaired) electrons. The number of aromatic nitrogens is 1. The number of aliphatic hydroxyl groups is 1. The van der Waals surface area contributed by atoms with Crippen molar-refractivity contribution in [2.24, 2.45) is 22.2 Å². The van der Waals surface area contributed by atoms with Crippen LogP contribution in [0.1, 0.15) is 49.1 Å². The number of hydrogen-bond donors (Lipinski definition) is 1. The molecule has 0 saturated heterocycles. The van der Waals surface area contributed by atoms with Crippen LogP contribution in [-0.2, 0) is 16.1 Å². The standard InChI is InChI=1S/C19H28N2O3S/c1-12-13(2)25-17(21(12)4-5-24-3)20-16(22)18-7-14-6-15(8-18)10-19(23,9-14)11-18/h14-15,23H,4-11H2,1-3H3/b20-17-. The molecule has 1 heterocycles. The average Bonchev–Trinajstić information content (AvgIpc) is 2.77. The minimum atomic E-state index is -0.622. The molecular weight excluding hydrogens is 336 g/mol. The van der Waals surface area contributed by atoms with E-state index in [-0.39, 0.29) is 5.91 Å². The van der Waals surface area contributed by atoms with E-state index in [0.29, 0.717) is 31.4 Å². The zero-order valence-corrected chi connectivity index (χ0v) is 16.2. The van der Waals surface area contributed by atoms with Crippen LogP contribution >= 0.6 is 11.3 Å². The van der Waals surface area contributed by atoms with Crippen LogP contribution in [0.15, 0.2) is 4.99 Å². The Balaban J connectivity index is 1.68. The van der Waals surface area contributed by atoms with Crippen molar-refractivity contribution in [2.75, 3.05) is 13.7 Å². The number of amides is 1. The number of methoxy groups -OCH3 is 1. The molecule has 1 aromatic rings. The zero-order chi connectivity index (χ0) is 17.8. The summed E-state index contributed by atoms with van der Waals surface area (Å²) < 4.78 is 7.30. The highest BCUT2D eigenvalue weighted by Crippen LogP contribution is 2.61. The molecule has 4 aliphatic rings. The van der Waals surface area contributed by atoms with Crippen molar-refractivity contribution in [1.29, 1.82) is 0 Å². The van der Waals surface area contributed by atoms with Gasteiger partial charge in [-0.05, 0) is 64.2 Å². The molecule has 6 heteroatoms. The van der Waals surface area contributed by atoms with E-state index in [1.54, 1.807) is 18.4 Å². The average molecular weight is 365 g/mol. The van der Waals surface area contributed by atoms with Gasteiger partial charge in [0.15, 0.2) is 4.80 Å². The molecule has 2 atom stereocenters. The molecule has 1 amide bonds. The van der Waals surface area contributed by atoms with Gasteiger partial charge in [0.05, 0.1) is 17.6 Å². The van der Waals surface area contributed by atoms with E-state index in [4.69, 9.17) is 4.74 Å². The number of hydrogen-bond acceptors (Lipinski definition) is 4. The first-order chi connectivity index (χ1) is 11.8. The molecule has 1 aromatic heterocycles. The van der Waals surface area contributed by atoms with E-state index in [0.717, 1.165) is 36.2 Å². The quantitative estimate of drug-likeness (QED) is 0.893. The van der Waals surface area contributed by atoms with Crippen LogP contribution in [0.25, 0.3) is 0 Å². The lowest BCUT2D eigenvalue weighted by molar-refractivity contribution is -0.175. The second-order valence-electron chi connectivity index (χ2n) is 8.55. The molecule has 5 rings (SSSR count). The van der Waals surface area contributed by atoms with Gasteiger partial charge in [-0.1, -0.05) is 0 Å². The summed E-state index contributed by atoms with van der Waals surface area (Å²) in [7, 11) is 1.69. The molecule has 4 saturated carbocycles. The normalized spacial score (nSPS) is 37.0. The van der Waals surface area contributed by atoms with E-state index in [2.05, 4.69) is 23.4 Å². The summed E-state index contributed by atoms with van der Waals surface area (Å²) in [4.78, 5) is 19.8. The van der Waals surface area contributed by atoms with Crippen molar-refractivity contribution in [3.05, 3.63) is 15.4 Å². The van der Waals surface area contributed by atoms with Gasteiger partial charge in [-0.25, -0.2) is 0 Å². The maximum atomic E-state index is 13.2. The van der Waals surface area contributed by atoms with E-state index < -0.39 is 11.0 Å². The van der Waals surface area contributed by atoms with Crippen LogP contribution in [0, 0.1) is 31.1 Å². The summed E-state index contributed by atoms with van der Waals surface area (Å²) in [5.41, 5.74) is 0.101. The first-order valence-corrected chi connectivity index (χ1v) is 10.1. The van der Waals surface area contributed by atoms with Crippen molar-refractivity contribution in [1.82, 2.24) is 4.57 Å². The van der Waals surface area contributed by atoms with Gasteiger partial charge < -0.3 is 14.4 Å². The van der Waals surface area contributed by atoms with E-state index in [9.17, 15) is 9.90 Å². The fraction of sp³-hybridized carbons (Fsp3) is 0.789. The van der Waals surface area contributed by atoms with Crippen LogP contribution in [0.5, 0.6) is 0 Å². The molecule has 0 aliphatic heterocycles. The number of thiazole rings is 1. The highest BCUT2D eigenvalue weighted by Gasteiger charge is 2.60. The van der Waals surface area contributed by atoms with Gasteiger partial charge >= 0.3 is 0 Å². The Morgan fingerprint density at radius 2 is 2.00 bits per heavy atom. The van der Waals surface area contributed by atoms with E-state index in [1.807, 2.05) is 0 Å². The number of carbonyl (C=O) groups is 1. The first-order valence-electron chi connectivity index (χ1n) is 9.31. The van der Waals surface area contributed by atoms with Crippen LogP contribution in [-0.4, -0.2) is 34.9 Å². The van der Waals surface area contributed by atoms with Gasteiger partial charge in [0.25, 0.3) is 5.91 Å². The molecule has 138 valence electrons. The van der Waals surface area contributed by atoms with Crippen LogP contribution in [0.2, 0.25) is 0 Å². The number of carbonyl (C=O) groups excluding carboxylic acids is 1. The second-order valence-corrected chi connectivity index (χ2v) is 9.73. The Kier molecular flexibility index (Phi) is 4.21. The van der Waals surface area contributed by atoms with Gasteiger partial charge in [-0.3, -0.25) is 4.79 Å². The Morgan fingerprint density at radius 3 is 2.60 bits per heavy atom. The topological polar surface area (TPSA) is 63.8 Å². The number of aryl methyl sites for hydroxylation is 1. The van der Waals surface area contributed by atoms with Crippen LogP contribution in [0.3, 0.4) is 0 Å². The van der Waals surface area contributed by atoms with Crippen LogP contribution < -0.4 is 4.80 Å². The second kappa shape index (κ2) is 6.03. The predicted octanol–water partition coefficient (Wildman–Crippen LogP) is 2.57. The number of rotatable bonds is 4. The lowest BCUT2D eigenvalue weighted by Crippen LogP contribution is -2.58. The van der Waals surface area contributed by atoms with Crippen LogP contribution in [0.4, 0.5) is 0 Å². The summed E-state index contributed by atoms with van der Waals surface area (Å²) in [6.45, 7) is 5.45. The molecular formula is C19H28N2O3S. The summed E-state index contributed by atoms with van der Waals surface area (Å²) in [6, 6.07) is 0. The molecule has 4 fully saturated rings. The number of ether oxygens (including phenoxy) is 1. The molecule has 2 unspecified atom stereocenters. The molecule has 0 aromatic carbocycles. The summed E-state index contributed by atoms with van der Waals surface area (Å²) >= 11 is 1.58. The van der Waals surface area contributed by atoms with Crippen molar-refractivity contribution in [2.45, 2.75) is 64.5 Å². The molecule has 1 N–H and O–H groups in total. The fourth-order valence-electron chi connectivity index (χ4n) is 5.80. The molecule has 4 bridgehead atoms. The largest absolute Gasteiger partial charge is 0.390 e. The van der Waals surface area contributed by atoms with Gasteiger partial charge in [0, 0.05) is 24.2 Å². The SMILES string of the molecule is COCCn1c(C)c(C)s/c1=N\C(=O)C12CC3CC(CC(O)(C3)C1)C2. The maximum Gasteiger partial charge on any atom is 0.254 e. The van der Waals surface area contributed by atoms with Crippen molar-refractivity contribution in [3.63, 3.8) is 0 Å². The monoisotopic (exact) mass is 364 g/mol. The Hall–Kier alpha value is -0.980. The third-order valence-electron chi connectivity index (χ3n) is 6.59. The van der Waals surface area contributed by atoms with Crippen molar-refractivity contribution >= 4 is 17.2 Å². The minimum absolute atomic E-state index is 0.00700. The maximum absolute atomic E-state index is 13.2. The zero-order valence-electron chi connectivity index (χ0n) is 15.4. The van der Waals surface area contributed by atoms with Gasteiger partial charge in [-0.15, -0.1) is 11.3 Å². The summed E-state index contributed by atoms with van der Waals surface area (Å²) in [5.74, 6) is 0.989. The van der Waals surface area contributed by atoms with Gasteiger partial charge in [0.2, 0.25) is 0 Å². The van der Waals surface area contributed by atoms with Gasteiger partial charge in [-0.2, -0.15) is 4.99 Å². The Labute approximate surface area is 152 Å². The number of nitrogens with zero attached hydrogens (tertiary/aromatic N) is 2. The van der Waals surface area contributed by atoms with Gasteiger partial charge in [0.1, 0.15) is 0 Å². The Morgan fingerprint density at radius 1 is 1.32 bits per heavy atom. The van der Waals surface area contributed by atoms with E-state index in [1.165, 1.54) is 11.3 Å². The van der Waals surface area contributed by atoms with Crippen molar-refractivity contribution in [3.8, 4) is 0 Å². The highest BCUT2D eigenvalue weighted by atomic mass is 32.1.